The molecule has 0 fully saturated rings. The number of anilines is 1. The Labute approximate surface area is 126 Å². The van der Waals surface area contributed by atoms with Crippen molar-refractivity contribution in [1.82, 2.24) is 0 Å². The Kier molecular flexibility index (Phi) is 4.32. The summed E-state index contributed by atoms with van der Waals surface area (Å²) in [5.41, 5.74) is 2.49. The number of nitrogens with one attached hydrogen (secondary N) is 1. The van der Waals surface area contributed by atoms with E-state index >= 15 is 0 Å². The first-order valence-corrected chi connectivity index (χ1v) is 6.58. The van der Waals surface area contributed by atoms with E-state index in [2.05, 4.69) is 5.32 Å². The average Bonchev–Trinajstić information content (AvgIpc) is 2.41. The van der Waals surface area contributed by atoms with Crippen LogP contribution in [0.15, 0.2) is 42.5 Å². The molecule has 2 rings (SSSR count). The van der Waals surface area contributed by atoms with Gasteiger partial charge in [-0.3, -0.25) is 10.1 Å². The monoisotopic (exact) mass is 306 g/mol. The normalized spacial score (nSPS) is 10.1. The molecule has 0 saturated carbocycles. The van der Waals surface area contributed by atoms with E-state index in [1.165, 1.54) is 12.1 Å². The highest BCUT2D eigenvalue weighted by atomic mass is 35.5. The second-order valence-electron chi connectivity index (χ2n) is 4.24. The van der Waals surface area contributed by atoms with Gasteiger partial charge in [-0.05, 0) is 13.0 Å². The average molecular weight is 307 g/mol. The van der Waals surface area contributed by atoms with Crippen LogP contribution in [0, 0.1) is 17.0 Å². The Morgan fingerprint density at radius 3 is 2.45 bits per heavy atom. The zero-order chi connectivity index (χ0) is 14.7. The van der Waals surface area contributed by atoms with Gasteiger partial charge in [-0.15, -0.1) is 0 Å². The quantitative estimate of drug-likeness (QED) is 0.520. The fraction of sp³-hybridized carbons (Fsp3) is 0.0714. The maximum atomic E-state index is 10.6. The van der Waals surface area contributed by atoms with Crippen LogP contribution in [0.4, 0.5) is 11.4 Å². The molecule has 0 spiro atoms. The van der Waals surface area contributed by atoms with Crippen LogP contribution in [0.3, 0.4) is 0 Å². The molecule has 4 nitrogen and oxygen atoms in total. The molecule has 0 aliphatic carbocycles. The fourth-order valence-corrected chi connectivity index (χ4v) is 2.09. The maximum absolute atomic E-state index is 10.6. The highest BCUT2D eigenvalue weighted by molar-refractivity contribution is 7.81. The number of thiocarbonyl (C=S) groups is 1. The van der Waals surface area contributed by atoms with E-state index in [-0.39, 0.29) is 10.7 Å². The summed E-state index contributed by atoms with van der Waals surface area (Å²) < 4.78 is 0. The standard InChI is InChI=1S/C14H11ClN2O2S/c1-9-2-4-10(5-3-9)14(20)16-13-7-6-11(17(18)19)8-12(13)15/h2-8H,1H3,(H,16,20). The van der Waals surface area contributed by atoms with Gasteiger partial charge in [0.2, 0.25) is 0 Å². The lowest BCUT2D eigenvalue weighted by Gasteiger charge is -2.09. The lowest BCUT2D eigenvalue weighted by atomic mass is 10.1. The van der Waals surface area contributed by atoms with Crippen LogP contribution in [0.5, 0.6) is 0 Å². The Morgan fingerprint density at radius 2 is 1.90 bits per heavy atom. The number of hydrogen-bond donors (Lipinski definition) is 1. The summed E-state index contributed by atoms with van der Waals surface area (Å²) in [6.45, 7) is 1.99. The van der Waals surface area contributed by atoms with Crippen LogP contribution in [-0.2, 0) is 0 Å². The van der Waals surface area contributed by atoms with Crippen molar-refractivity contribution in [3.63, 3.8) is 0 Å². The second kappa shape index (κ2) is 5.98. The summed E-state index contributed by atoms with van der Waals surface area (Å²) in [5.74, 6) is 0. The third kappa shape index (κ3) is 3.31. The van der Waals surface area contributed by atoms with E-state index in [1.54, 1.807) is 6.07 Å². The summed E-state index contributed by atoms with van der Waals surface area (Å²) in [6.07, 6.45) is 0. The summed E-state index contributed by atoms with van der Waals surface area (Å²) in [5, 5.41) is 13.9. The molecule has 0 amide bonds. The second-order valence-corrected chi connectivity index (χ2v) is 5.06. The van der Waals surface area contributed by atoms with E-state index in [1.807, 2.05) is 31.2 Å². The minimum Gasteiger partial charge on any atom is -0.345 e. The third-order valence-electron chi connectivity index (χ3n) is 2.73. The first-order chi connectivity index (χ1) is 9.47. The molecule has 0 atom stereocenters. The lowest BCUT2D eigenvalue weighted by Crippen LogP contribution is -2.10. The first kappa shape index (κ1) is 14.4. The first-order valence-electron chi connectivity index (χ1n) is 5.79. The fourth-order valence-electron chi connectivity index (χ4n) is 1.62. The number of nitro benzene ring substituents is 1. The molecule has 1 N–H and O–H groups in total. The summed E-state index contributed by atoms with van der Waals surface area (Å²) in [7, 11) is 0. The number of aryl methyl sites for hydroxylation is 1. The van der Waals surface area contributed by atoms with Crippen LogP contribution < -0.4 is 5.32 Å². The molecule has 0 aliphatic heterocycles. The SMILES string of the molecule is Cc1ccc(C(=S)Nc2ccc([N+](=O)[O-])cc2Cl)cc1. The van der Waals surface area contributed by atoms with Crippen molar-refractivity contribution in [2.24, 2.45) is 0 Å². The predicted molar refractivity (Wildman–Crippen MR) is 84.6 cm³/mol. The van der Waals surface area contributed by atoms with Crippen molar-refractivity contribution in [3.8, 4) is 0 Å². The number of benzene rings is 2. The molecule has 2 aromatic rings. The van der Waals surface area contributed by atoms with Gasteiger partial charge in [-0.2, -0.15) is 0 Å². The van der Waals surface area contributed by atoms with Crippen LogP contribution in [0.2, 0.25) is 5.02 Å². The number of halogens is 1. The molecule has 0 unspecified atom stereocenters. The van der Waals surface area contributed by atoms with Crippen LogP contribution in [0.1, 0.15) is 11.1 Å². The van der Waals surface area contributed by atoms with Crippen molar-refractivity contribution in [1.29, 1.82) is 0 Å². The molecule has 0 aliphatic rings. The van der Waals surface area contributed by atoms with Gasteiger partial charge in [0, 0.05) is 17.7 Å². The van der Waals surface area contributed by atoms with Crippen molar-refractivity contribution < 1.29 is 4.92 Å². The minimum absolute atomic E-state index is 0.0539. The zero-order valence-corrected chi connectivity index (χ0v) is 12.2. The van der Waals surface area contributed by atoms with E-state index in [4.69, 9.17) is 23.8 Å². The molecule has 6 heteroatoms. The molecular formula is C14H11ClN2O2S. The van der Waals surface area contributed by atoms with Gasteiger partial charge in [0.1, 0.15) is 4.99 Å². The summed E-state index contributed by atoms with van der Waals surface area (Å²) in [6, 6.07) is 11.9. The third-order valence-corrected chi connectivity index (χ3v) is 3.38. The molecule has 0 heterocycles. The van der Waals surface area contributed by atoms with Crippen LogP contribution in [0.25, 0.3) is 0 Å². The number of non-ortho nitro benzene ring substituents is 1. The minimum atomic E-state index is -0.492. The molecule has 0 saturated heterocycles. The van der Waals surface area contributed by atoms with E-state index in [0.29, 0.717) is 10.7 Å². The molecule has 0 radical (unpaired) electrons. The van der Waals surface area contributed by atoms with Gasteiger partial charge in [0.05, 0.1) is 15.6 Å². The largest absolute Gasteiger partial charge is 0.345 e. The maximum Gasteiger partial charge on any atom is 0.271 e. The highest BCUT2D eigenvalue weighted by Crippen LogP contribution is 2.27. The molecule has 20 heavy (non-hydrogen) atoms. The Balaban J connectivity index is 2.19. The zero-order valence-electron chi connectivity index (χ0n) is 10.6. The number of nitrogens with zero attached hydrogens (tertiary/aromatic N) is 1. The van der Waals surface area contributed by atoms with E-state index in [9.17, 15) is 10.1 Å². The smallest absolute Gasteiger partial charge is 0.271 e. The van der Waals surface area contributed by atoms with Gasteiger partial charge in [0.25, 0.3) is 5.69 Å². The van der Waals surface area contributed by atoms with Crippen molar-refractivity contribution >= 4 is 40.2 Å². The summed E-state index contributed by atoms with van der Waals surface area (Å²) in [4.78, 5) is 10.7. The topological polar surface area (TPSA) is 55.2 Å². The molecule has 0 aromatic heterocycles. The Hall–Kier alpha value is -1.98. The lowest BCUT2D eigenvalue weighted by molar-refractivity contribution is -0.384. The highest BCUT2D eigenvalue weighted by Gasteiger charge is 2.10. The van der Waals surface area contributed by atoms with Crippen LogP contribution in [-0.4, -0.2) is 9.91 Å². The molecule has 102 valence electrons. The summed E-state index contributed by atoms with van der Waals surface area (Å²) >= 11 is 11.3. The van der Waals surface area contributed by atoms with Gasteiger partial charge < -0.3 is 5.32 Å². The molecule has 0 bridgehead atoms. The van der Waals surface area contributed by atoms with Crippen molar-refractivity contribution in [2.45, 2.75) is 6.92 Å². The number of hydrogen-bond acceptors (Lipinski definition) is 3. The Morgan fingerprint density at radius 1 is 1.25 bits per heavy atom. The predicted octanol–water partition coefficient (Wildman–Crippen LogP) is 4.34. The van der Waals surface area contributed by atoms with Gasteiger partial charge in [0.15, 0.2) is 0 Å². The molecule has 2 aromatic carbocycles. The van der Waals surface area contributed by atoms with Gasteiger partial charge in [-0.1, -0.05) is 53.6 Å². The van der Waals surface area contributed by atoms with E-state index in [0.717, 1.165) is 11.1 Å². The van der Waals surface area contributed by atoms with Gasteiger partial charge >= 0.3 is 0 Å². The Bertz CT molecular complexity index is 671. The molecular weight excluding hydrogens is 296 g/mol. The van der Waals surface area contributed by atoms with Crippen molar-refractivity contribution in [2.75, 3.05) is 5.32 Å². The van der Waals surface area contributed by atoms with Crippen molar-refractivity contribution in [3.05, 3.63) is 68.7 Å². The van der Waals surface area contributed by atoms with Crippen LogP contribution >= 0.6 is 23.8 Å². The van der Waals surface area contributed by atoms with E-state index < -0.39 is 4.92 Å². The number of nitro groups is 1. The number of rotatable bonds is 3. The van der Waals surface area contributed by atoms with Gasteiger partial charge in [-0.25, -0.2) is 0 Å².